The predicted molar refractivity (Wildman–Crippen MR) is 121 cm³/mol. The lowest BCUT2D eigenvalue weighted by Crippen LogP contribution is -2.28. The number of nitrogens with two attached hydrogens (primary N) is 1. The molecule has 7 nitrogen and oxygen atoms in total. The number of rotatable bonds is 5. The number of aliphatic imine (C=N–C) groups is 1. The van der Waals surface area contributed by atoms with Gasteiger partial charge in [-0.25, -0.2) is 0 Å². The van der Waals surface area contributed by atoms with Gasteiger partial charge in [0.2, 0.25) is 0 Å². The average molecular weight is 496 g/mol. The molecule has 8 heteroatoms. The van der Waals surface area contributed by atoms with Crippen LogP contribution in [0.1, 0.15) is 22.3 Å². The molecule has 2 aromatic rings. The van der Waals surface area contributed by atoms with Crippen molar-refractivity contribution in [1.29, 1.82) is 0 Å². The van der Waals surface area contributed by atoms with E-state index in [0.717, 1.165) is 23.4 Å². The lowest BCUT2D eigenvalue weighted by atomic mass is 10.1. The van der Waals surface area contributed by atoms with Gasteiger partial charge in [-0.2, -0.15) is 0 Å². The van der Waals surface area contributed by atoms with Gasteiger partial charge in [0.15, 0.2) is 17.5 Å². The first kappa shape index (κ1) is 21.8. The number of anilines is 1. The fourth-order valence-corrected chi connectivity index (χ4v) is 2.66. The maximum atomic E-state index is 12.1. The van der Waals surface area contributed by atoms with Gasteiger partial charge in [0.1, 0.15) is 0 Å². The van der Waals surface area contributed by atoms with Crippen LogP contribution >= 0.6 is 24.0 Å². The number of benzene rings is 2. The van der Waals surface area contributed by atoms with Crippen molar-refractivity contribution in [2.45, 2.75) is 13.3 Å². The van der Waals surface area contributed by atoms with Crippen molar-refractivity contribution in [3.8, 4) is 11.5 Å². The van der Waals surface area contributed by atoms with Crippen molar-refractivity contribution in [2.75, 3.05) is 31.6 Å². The minimum Gasteiger partial charge on any atom is -0.490 e. The number of ether oxygens (including phenoxy) is 2. The quantitative estimate of drug-likeness (QED) is 0.256. The molecule has 4 N–H and O–H groups in total. The summed E-state index contributed by atoms with van der Waals surface area (Å²) in [4.78, 5) is 16.3. The molecule has 3 rings (SSSR count). The number of carbonyl (C=O) groups excluding carboxylic acids is 1. The fourth-order valence-electron chi connectivity index (χ4n) is 2.66. The highest BCUT2D eigenvalue weighted by Gasteiger charge is 2.11. The largest absolute Gasteiger partial charge is 0.490 e. The van der Waals surface area contributed by atoms with Crippen molar-refractivity contribution in [3.63, 3.8) is 0 Å². The van der Waals surface area contributed by atoms with E-state index in [1.54, 1.807) is 6.07 Å². The van der Waals surface area contributed by atoms with E-state index in [9.17, 15) is 4.79 Å². The third-order valence-electron chi connectivity index (χ3n) is 3.98. The summed E-state index contributed by atoms with van der Waals surface area (Å²) in [5.74, 6) is 1.57. The zero-order chi connectivity index (χ0) is 19.1. The lowest BCUT2D eigenvalue weighted by Gasteiger charge is -2.11. The van der Waals surface area contributed by atoms with Crippen LogP contribution in [0.15, 0.2) is 47.5 Å². The molecule has 2 aromatic carbocycles. The Morgan fingerprint density at radius 2 is 1.93 bits per heavy atom. The van der Waals surface area contributed by atoms with E-state index < -0.39 is 0 Å². The number of nitrogens with zero attached hydrogens (tertiary/aromatic N) is 1. The van der Waals surface area contributed by atoms with Gasteiger partial charge in [0.05, 0.1) is 19.8 Å². The van der Waals surface area contributed by atoms with Crippen LogP contribution < -0.4 is 25.8 Å². The summed E-state index contributed by atoms with van der Waals surface area (Å²) in [5.41, 5.74) is 8.36. The molecule has 0 atom stereocenters. The monoisotopic (exact) mass is 496 g/mol. The molecular weight excluding hydrogens is 471 g/mol. The minimum atomic E-state index is -0.122. The van der Waals surface area contributed by atoms with Gasteiger partial charge in [-0.3, -0.25) is 9.79 Å². The third kappa shape index (κ3) is 6.29. The molecule has 28 heavy (non-hydrogen) atoms. The summed E-state index contributed by atoms with van der Waals surface area (Å²) in [6.45, 7) is 4.00. The highest BCUT2D eigenvalue weighted by molar-refractivity contribution is 14.0. The van der Waals surface area contributed by atoms with E-state index in [1.807, 2.05) is 43.3 Å². The predicted octanol–water partition coefficient (Wildman–Crippen LogP) is 2.93. The van der Waals surface area contributed by atoms with E-state index in [2.05, 4.69) is 15.6 Å². The number of hydrogen-bond donors (Lipinski definition) is 3. The Hall–Kier alpha value is -2.49. The molecular formula is C20H25IN4O3. The number of nitrogens with one attached hydrogen (secondary N) is 2. The second-order valence-electron chi connectivity index (χ2n) is 6.23. The van der Waals surface area contributed by atoms with E-state index in [1.165, 1.54) is 0 Å². The summed E-state index contributed by atoms with van der Waals surface area (Å²) in [6.07, 6.45) is 0.856. The van der Waals surface area contributed by atoms with Gasteiger partial charge in [-0.15, -0.1) is 24.0 Å². The first-order chi connectivity index (χ1) is 13.1. The van der Waals surface area contributed by atoms with Crippen molar-refractivity contribution in [1.82, 2.24) is 5.32 Å². The minimum absolute atomic E-state index is 0. The maximum Gasteiger partial charge on any atom is 0.251 e. The van der Waals surface area contributed by atoms with E-state index in [4.69, 9.17) is 15.2 Å². The van der Waals surface area contributed by atoms with Crippen LogP contribution in [0.4, 0.5) is 5.69 Å². The SMILES string of the molecule is Cc1cccc(C(=O)NCCN=C(N)Nc2ccc3c(c2)OCCCO3)c1.I. The Bertz CT molecular complexity index is 842. The molecule has 0 saturated heterocycles. The second kappa shape index (κ2) is 10.7. The maximum absolute atomic E-state index is 12.1. The molecule has 0 saturated carbocycles. The smallest absolute Gasteiger partial charge is 0.251 e. The highest BCUT2D eigenvalue weighted by atomic mass is 127. The molecule has 0 aromatic heterocycles. The van der Waals surface area contributed by atoms with Crippen LogP contribution in [0.5, 0.6) is 11.5 Å². The van der Waals surface area contributed by atoms with Crippen molar-refractivity contribution >= 4 is 41.5 Å². The zero-order valence-electron chi connectivity index (χ0n) is 15.7. The highest BCUT2D eigenvalue weighted by Crippen LogP contribution is 2.32. The van der Waals surface area contributed by atoms with E-state index >= 15 is 0 Å². The van der Waals surface area contributed by atoms with Gasteiger partial charge < -0.3 is 25.8 Å². The van der Waals surface area contributed by atoms with Crippen LogP contribution in [0.2, 0.25) is 0 Å². The molecule has 0 fully saturated rings. The van der Waals surface area contributed by atoms with Crippen LogP contribution in [-0.2, 0) is 0 Å². The molecule has 0 radical (unpaired) electrons. The number of halogens is 1. The number of guanidine groups is 1. The van der Waals surface area contributed by atoms with E-state index in [0.29, 0.717) is 37.6 Å². The van der Waals surface area contributed by atoms with Gasteiger partial charge in [0, 0.05) is 30.3 Å². The van der Waals surface area contributed by atoms with Crippen molar-refractivity contribution in [3.05, 3.63) is 53.6 Å². The van der Waals surface area contributed by atoms with Crippen LogP contribution in [0.25, 0.3) is 0 Å². The number of amides is 1. The number of aryl methyl sites for hydroxylation is 1. The molecule has 0 bridgehead atoms. The Balaban J connectivity index is 0.00000280. The fraction of sp³-hybridized carbons (Fsp3) is 0.300. The molecule has 1 aliphatic heterocycles. The van der Waals surface area contributed by atoms with E-state index in [-0.39, 0.29) is 35.8 Å². The third-order valence-corrected chi connectivity index (χ3v) is 3.98. The lowest BCUT2D eigenvalue weighted by molar-refractivity contribution is 0.0954. The topological polar surface area (TPSA) is 98.0 Å². The molecule has 0 unspecified atom stereocenters. The van der Waals surface area contributed by atoms with Gasteiger partial charge in [-0.1, -0.05) is 17.7 Å². The second-order valence-corrected chi connectivity index (χ2v) is 6.23. The number of fused-ring (bicyclic) bond motifs is 1. The molecule has 1 heterocycles. The zero-order valence-corrected chi connectivity index (χ0v) is 18.1. The van der Waals surface area contributed by atoms with Crippen molar-refractivity contribution in [2.24, 2.45) is 10.7 Å². The van der Waals surface area contributed by atoms with Gasteiger partial charge in [-0.05, 0) is 31.2 Å². The molecule has 0 aliphatic carbocycles. The molecule has 0 spiro atoms. The standard InChI is InChI=1S/C20H24N4O3.HI/c1-14-4-2-5-15(12-14)19(25)22-8-9-23-20(21)24-16-6-7-17-18(13-16)27-11-3-10-26-17;/h2,4-7,12-13H,3,8-11H2,1H3,(H,22,25)(H3,21,23,24);1H. The normalized spacial score (nSPS) is 13.1. The molecule has 1 aliphatic rings. The van der Waals surface area contributed by atoms with Crippen LogP contribution in [-0.4, -0.2) is 38.2 Å². The first-order valence-electron chi connectivity index (χ1n) is 8.93. The van der Waals surface area contributed by atoms with Gasteiger partial charge in [0.25, 0.3) is 5.91 Å². The van der Waals surface area contributed by atoms with Crippen LogP contribution in [0, 0.1) is 6.92 Å². The Labute approximate surface area is 181 Å². The molecule has 1 amide bonds. The summed E-state index contributed by atoms with van der Waals surface area (Å²) < 4.78 is 11.3. The molecule has 150 valence electrons. The van der Waals surface area contributed by atoms with Crippen molar-refractivity contribution < 1.29 is 14.3 Å². The Morgan fingerprint density at radius 1 is 1.14 bits per heavy atom. The summed E-state index contributed by atoms with van der Waals surface area (Å²) in [5, 5.41) is 5.85. The van der Waals surface area contributed by atoms with Crippen LogP contribution in [0.3, 0.4) is 0 Å². The first-order valence-corrected chi connectivity index (χ1v) is 8.93. The summed E-state index contributed by atoms with van der Waals surface area (Å²) in [7, 11) is 0. The number of carbonyl (C=O) groups is 1. The number of hydrogen-bond acceptors (Lipinski definition) is 4. The van der Waals surface area contributed by atoms with Gasteiger partial charge >= 0.3 is 0 Å². The summed E-state index contributed by atoms with van der Waals surface area (Å²) in [6, 6.07) is 13.0. The Morgan fingerprint density at radius 3 is 2.71 bits per heavy atom. The average Bonchev–Trinajstić information content (AvgIpc) is 2.90. The Kier molecular flexibility index (Phi) is 8.37. The summed E-state index contributed by atoms with van der Waals surface area (Å²) >= 11 is 0.